The summed E-state index contributed by atoms with van der Waals surface area (Å²) in [5.41, 5.74) is 8.97. The molecule has 3 nitrogen and oxygen atoms in total. The van der Waals surface area contributed by atoms with Crippen molar-refractivity contribution in [3.05, 3.63) is 29.8 Å². The first-order chi connectivity index (χ1) is 12.7. The van der Waals surface area contributed by atoms with Crippen molar-refractivity contribution >= 4 is 23.0 Å². The Hall–Kier alpha value is -1.13. The van der Waals surface area contributed by atoms with Crippen LogP contribution in [0.3, 0.4) is 0 Å². The van der Waals surface area contributed by atoms with E-state index < -0.39 is 0 Å². The number of nitrogens with one attached hydrogen (secondary N) is 2. The van der Waals surface area contributed by atoms with Crippen LogP contribution in [0.1, 0.15) is 89.5 Å². The monoisotopic (exact) mass is 375 g/mol. The van der Waals surface area contributed by atoms with Crippen LogP contribution in [0, 0.1) is 6.92 Å². The van der Waals surface area contributed by atoms with E-state index in [0.29, 0.717) is 0 Å². The van der Waals surface area contributed by atoms with Gasteiger partial charge >= 0.3 is 0 Å². The molecule has 0 radical (unpaired) electrons. The molecule has 0 aliphatic carbocycles. The predicted molar refractivity (Wildman–Crippen MR) is 117 cm³/mol. The van der Waals surface area contributed by atoms with Crippen molar-refractivity contribution in [3.8, 4) is 0 Å². The molecule has 2 rings (SSSR count). The lowest BCUT2D eigenvalue weighted by molar-refractivity contribution is 0.479. The first kappa shape index (κ1) is 21.2. The van der Waals surface area contributed by atoms with E-state index in [1.807, 2.05) is 0 Å². The number of thiocarbonyl (C=S) groups is 1. The van der Waals surface area contributed by atoms with Gasteiger partial charge in [-0.25, -0.2) is 5.43 Å². The molecule has 1 atom stereocenters. The highest BCUT2D eigenvalue weighted by Crippen LogP contribution is 2.25. The number of hydrogen-bond donors (Lipinski definition) is 2. The van der Waals surface area contributed by atoms with Crippen LogP contribution in [0.15, 0.2) is 24.3 Å². The zero-order valence-corrected chi connectivity index (χ0v) is 17.5. The van der Waals surface area contributed by atoms with Crippen molar-refractivity contribution < 1.29 is 0 Å². The van der Waals surface area contributed by atoms with E-state index in [1.54, 1.807) is 0 Å². The molecule has 0 amide bonds. The number of benzene rings is 1. The Kier molecular flexibility index (Phi) is 10.0. The Labute approximate surface area is 165 Å². The molecule has 0 aromatic heterocycles. The van der Waals surface area contributed by atoms with Gasteiger partial charge in [-0.3, -0.25) is 5.43 Å². The van der Waals surface area contributed by atoms with E-state index >= 15 is 0 Å². The van der Waals surface area contributed by atoms with Gasteiger partial charge in [-0.05, 0) is 43.6 Å². The van der Waals surface area contributed by atoms with Crippen LogP contribution in [0.4, 0.5) is 5.69 Å². The van der Waals surface area contributed by atoms with E-state index in [0.717, 1.165) is 11.5 Å². The molecule has 146 valence electrons. The molecule has 1 saturated heterocycles. The zero-order valence-electron chi connectivity index (χ0n) is 16.7. The lowest BCUT2D eigenvalue weighted by atomic mass is 10.0. The Bertz CT molecular complexity index is 532. The smallest absolute Gasteiger partial charge is 0.189 e. The Morgan fingerprint density at radius 3 is 2.08 bits per heavy atom. The third kappa shape index (κ3) is 6.88. The van der Waals surface area contributed by atoms with Crippen molar-refractivity contribution in [3.63, 3.8) is 0 Å². The third-order valence-electron chi connectivity index (χ3n) is 5.33. The molecular weight excluding hydrogens is 338 g/mol. The highest BCUT2D eigenvalue weighted by Gasteiger charge is 2.29. The van der Waals surface area contributed by atoms with Crippen molar-refractivity contribution in [2.45, 2.75) is 97.1 Å². The average Bonchev–Trinajstić information content (AvgIpc) is 3.00. The minimum Gasteiger partial charge on any atom is -0.300 e. The van der Waals surface area contributed by atoms with Crippen LogP contribution in [0.25, 0.3) is 0 Å². The zero-order chi connectivity index (χ0) is 18.6. The second kappa shape index (κ2) is 12.3. The summed E-state index contributed by atoms with van der Waals surface area (Å²) in [6.45, 7) is 4.43. The Balaban J connectivity index is 1.59. The second-order valence-electron chi connectivity index (χ2n) is 7.57. The van der Waals surface area contributed by atoms with E-state index in [4.69, 9.17) is 12.2 Å². The second-order valence-corrected chi connectivity index (χ2v) is 7.96. The number of anilines is 1. The van der Waals surface area contributed by atoms with Crippen LogP contribution in [0.5, 0.6) is 0 Å². The summed E-state index contributed by atoms with van der Waals surface area (Å²) in [7, 11) is 0. The fourth-order valence-corrected chi connectivity index (χ4v) is 4.01. The normalized spacial score (nSPS) is 16.9. The summed E-state index contributed by atoms with van der Waals surface area (Å²) in [5.74, 6) is 0. The maximum Gasteiger partial charge on any atom is 0.189 e. The summed E-state index contributed by atoms with van der Waals surface area (Å²) < 4.78 is 0. The fraction of sp³-hybridized carbons (Fsp3) is 0.682. The third-order valence-corrected chi connectivity index (χ3v) is 5.63. The standard InChI is InChI=1S/C22H37N3S/c1-3-4-5-6-7-8-9-10-11-12-13-18-21-23-24-22(26)25(21)20-17-15-14-16-19(20)2/h14-17,21,23H,3-13,18H2,1-2H3,(H,24,26). The van der Waals surface area contributed by atoms with E-state index in [2.05, 4.69) is 53.9 Å². The van der Waals surface area contributed by atoms with Gasteiger partial charge in [0.2, 0.25) is 0 Å². The van der Waals surface area contributed by atoms with Crippen LogP contribution >= 0.6 is 12.2 Å². The quantitative estimate of drug-likeness (QED) is 0.316. The predicted octanol–water partition coefficient (Wildman–Crippen LogP) is 6.22. The minimum absolute atomic E-state index is 0.266. The molecule has 0 bridgehead atoms. The highest BCUT2D eigenvalue weighted by molar-refractivity contribution is 7.80. The molecule has 1 aliphatic rings. The SMILES string of the molecule is CCCCCCCCCCCCCC1NNC(=S)N1c1ccccc1C. The summed E-state index contributed by atoms with van der Waals surface area (Å²) in [6.07, 6.45) is 16.6. The molecule has 1 aliphatic heterocycles. The van der Waals surface area contributed by atoms with Crippen molar-refractivity contribution in [1.29, 1.82) is 0 Å². The summed E-state index contributed by atoms with van der Waals surface area (Å²) >= 11 is 5.50. The topological polar surface area (TPSA) is 27.3 Å². The van der Waals surface area contributed by atoms with Gasteiger partial charge in [0, 0.05) is 5.69 Å². The van der Waals surface area contributed by atoms with Crippen LogP contribution in [-0.4, -0.2) is 11.3 Å². The number of hydrogen-bond acceptors (Lipinski definition) is 2. The molecule has 1 aromatic rings. The van der Waals surface area contributed by atoms with Gasteiger partial charge in [0.1, 0.15) is 6.17 Å². The lowest BCUT2D eigenvalue weighted by Crippen LogP contribution is -2.37. The van der Waals surface area contributed by atoms with Gasteiger partial charge in [-0.2, -0.15) is 0 Å². The molecule has 0 saturated carbocycles. The molecule has 1 unspecified atom stereocenters. The number of unbranched alkanes of at least 4 members (excludes halogenated alkanes) is 10. The van der Waals surface area contributed by atoms with E-state index in [1.165, 1.54) is 81.9 Å². The van der Waals surface area contributed by atoms with Gasteiger partial charge in [0.25, 0.3) is 0 Å². The van der Waals surface area contributed by atoms with Crippen molar-refractivity contribution in [2.75, 3.05) is 4.90 Å². The Morgan fingerprint density at radius 2 is 1.46 bits per heavy atom. The first-order valence-corrected chi connectivity index (χ1v) is 11.0. The number of hydrazine groups is 1. The highest BCUT2D eigenvalue weighted by atomic mass is 32.1. The fourth-order valence-electron chi connectivity index (χ4n) is 3.73. The molecule has 1 heterocycles. The lowest BCUT2D eigenvalue weighted by Gasteiger charge is -2.25. The first-order valence-electron chi connectivity index (χ1n) is 10.6. The molecule has 1 fully saturated rings. The van der Waals surface area contributed by atoms with Gasteiger partial charge in [0.15, 0.2) is 5.11 Å². The average molecular weight is 376 g/mol. The summed E-state index contributed by atoms with van der Waals surface area (Å²) in [5, 5.41) is 0.785. The number of aryl methyl sites for hydroxylation is 1. The maximum absolute atomic E-state index is 5.50. The Morgan fingerprint density at radius 1 is 0.885 bits per heavy atom. The molecule has 1 aromatic carbocycles. The number of para-hydroxylation sites is 1. The van der Waals surface area contributed by atoms with Crippen LogP contribution in [0.2, 0.25) is 0 Å². The van der Waals surface area contributed by atoms with E-state index in [9.17, 15) is 0 Å². The number of nitrogens with zero attached hydrogens (tertiary/aromatic N) is 1. The van der Waals surface area contributed by atoms with Crippen LogP contribution in [-0.2, 0) is 0 Å². The van der Waals surface area contributed by atoms with Crippen molar-refractivity contribution in [2.24, 2.45) is 0 Å². The van der Waals surface area contributed by atoms with Gasteiger partial charge in [-0.15, -0.1) is 0 Å². The molecule has 0 spiro atoms. The van der Waals surface area contributed by atoms with Crippen molar-refractivity contribution in [1.82, 2.24) is 10.9 Å². The number of rotatable bonds is 13. The maximum atomic E-state index is 5.50. The molecule has 4 heteroatoms. The van der Waals surface area contributed by atoms with Gasteiger partial charge in [0.05, 0.1) is 0 Å². The molecular formula is C22H37N3S. The summed E-state index contributed by atoms with van der Waals surface area (Å²) in [6, 6.07) is 8.47. The molecule has 2 N–H and O–H groups in total. The summed E-state index contributed by atoms with van der Waals surface area (Å²) in [4.78, 5) is 2.24. The van der Waals surface area contributed by atoms with Crippen LogP contribution < -0.4 is 15.8 Å². The van der Waals surface area contributed by atoms with Gasteiger partial charge in [-0.1, -0.05) is 89.3 Å². The minimum atomic E-state index is 0.266. The van der Waals surface area contributed by atoms with Gasteiger partial charge < -0.3 is 4.90 Å². The largest absolute Gasteiger partial charge is 0.300 e. The van der Waals surface area contributed by atoms with E-state index in [-0.39, 0.29) is 6.17 Å². The molecule has 26 heavy (non-hydrogen) atoms.